The first-order valence-electron chi connectivity index (χ1n) is 6.53. The van der Waals surface area contributed by atoms with Crippen molar-refractivity contribution in [1.29, 1.82) is 0 Å². The number of hydrogen-bond donors (Lipinski definition) is 0. The molecular weight excluding hydrogens is 288 g/mol. The van der Waals surface area contributed by atoms with E-state index >= 15 is 0 Å². The first-order valence-corrected chi connectivity index (χ1v) is 6.91. The largest absolute Gasteiger partial charge is 0.343 e. The van der Waals surface area contributed by atoms with Gasteiger partial charge in [0.25, 0.3) is 5.69 Å². The van der Waals surface area contributed by atoms with Crippen LogP contribution >= 0.6 is 11.6 Å². The van der Waals surface area contributed by atoms with Crippen LogP contribution in [0.25, 0.3) is 10.9 Å². The Morgan fingerprint density at radius 3 is 2.76 bits per heavy atom. The molecule has 1 aromatic heterocycles. The standard InChI is InChI=1S/C16H13ClN2O2/c1-11-2-5-15-12(8-11)6-7-18(15)10-13-3-4-14(17)9-16(13)19(20)21/h2-9H,10H2,1H3. The molecule has 0 saturated carbocycles. The van der Waals surface area contributed by atoms with Crippen molar-refractivity contribution in [2.45, 2.75) is 13.5 Å². The quantitative estimate of drug-likeness (QED) is 0.526. The Morgan fingerprint density at radius 2 is 2.00 bits per heavy atom. The zero-order chi connectivity index (χ0) is 15.0. The van der Waals surface area contributed by atoms with Crippen molar-refractivity contribution >= 4 is 28.2 Å². The molecule has 0 atom stereocenters. The third-order valence-corrected chi connectivity index (χ3v) is 3.75. The van der Waals surface area contributed by atoms with Crippen molar-refractivity contribution in [3.05, 3.63) is 74.9 Å². The average molecular weight is 301 g/mol. The van der Waals surface area contributed by atoms with Crippen LogP contribution in [-0.2, 0) is 6.54 Å². The highest BCUT2D eigenvalue weighted by molar-refractivity contribution is 6.30. The van der Waals surface area contributed by atoms with Gasteiger partial charge in [-0.2, -0.15) is 0 Å². The van der Waals surface area contributed by atoms with E-state index in [0.717, 1.165) is 10.9 Å². The fourth-order valence-corrected chi connectivity index (χ4v) is 2.65. The van der Waals surface area contributed by atoms with Crippen LogP contribution in [0.15, 0.2) is 48.7 Å². The molecule has 106 valence electrons. The molecule has 0 aliphatic rings. The van der Waals surface area contributed by atoms with Crippen LogP contribution in [-0.4, -0.2) is 9.49 Å². The summed E-state index contributed by atoms with van der Waals surface area (Å²) in [6.45, 7) is 2.49. The first kappa shape index (κ1) is 13.6. The number of nitro benzene ring substituents is 1. The molecule has 0 fully saturated rings. The van der Waals surface area contributed by atoms with Gasteiger partial charge in [-0.25, -0.2) is 0 Å². The van der Waals surface area contributed by atoms with Crippen molar-refractivity contribution in [2.75, 3.05) is 0 Å². The predicted octanol–water partition coefficient (Wildman–Crippen LogP) is 4.56. The Kier molecular flexibility index (Phi) is 3.39. The highest BCUT2D eigenvalue weighted by Crippen LogP contribution is 2.26. The molecule has 0 spiro atoms. The Hall–Kier alpha value is -2.33. The lowest BCUT2D eigenvalue weighted by molar-refractivity contribution is -0.385. The van der Waals surface area contributed by atoms with E-state index in [-0.39, 0.29) is 5.69 Å². The lowest BCUT2D eigenvalue weighted by atomic mass is 10.1. The van der Waals surface area contributed by atoms with Crippen LogP contribution < -0.4 is 0 Å². The zero-order valence-corrected chi connectivity index (χ0v) is 12.2. The van der Waals surface area contributed by atoms with E-state index in [1.54, 1.807) is 12.1 Å². The van der Waals surface area contributed by atoms with Gasteiger partial charge in [-0.05, 0) is 42.6 Å². The van der Waals surface area contributed by atoms with Crippen LogP contribution in [0.1, 0.15) is 11.1 Å². The van der Waals surface area contributed by atoms with Gasteiger partial charge >= 0.3 is 0 Å². The summed E-state index contributed by atoms with van der Waals surface area (Å²) >= 11 is 5.84. The lowest BCUT2D eigenvalue weighted by Gasteiger charge is -2.07. The van der Waals surface area contributed by atoms with E-state index in [0.29, 0.717) is 17.1 Å². The van der Waals surface area contributed by atoms with Crippen LogP contribution in [0.5, 0.6) is 0 Å². The van der Waals surface area contributed by atoms with Crippen LogP contribution in [0.3, 0.4) is 0 Å². The first-order chi connectivity index (χ1) is 10.0. The highest BCUT2D eigenvalue weighted by Gasteiger charge is 2.15. The molecular formula is C16H13ClN2O2. The zero-order valence-electron chi connectivity index (χ0n) is 11.4. The summed E-state index contributed by atoms with van der Waals surface area (Å²) in [5.41, 5.74) is 2.95. The maximum Gasteiger partial charge on any atom is 0.275 e. The minimum absolute atomic E-state index is 0.0523. The summed E-state index contributed by atoms with van der Waals surface area (Å²) in [6, 6.07) is 13.0. The molecule has 0 aliphatic carbocycles. The summed E-state index contributed by atoms with van der Waals surface area (Å²) in [6.07, 6.45) is 1.95. The van der Waals surface area contributed by atoms with Gasteiger partial charge in [0.05, 0.1) is 11.5 Å². The van der Waals surface area contributed by atoms with Crippen molar-refractivity contribution in [3.63, 3.8) is 0 Å². The number of benzene rings is 2. The fraction of sp³-hybridized carbons (Fsp3) is 0.125. The van der Waals surface area contributed by atoms with Gasteiger partial charge in [-0.1, -0.05) is 23.2 Å². The van der Waals surface area contributed by atoms with Gasteiger partial charge in [-0.3, -0.25) is 10.1 Å². The summed E-state index contributed by atoms with van der Waals surface area (Å²) in [7, 11) is 0. The van der Waals surface area contributed by atoms with Crippen LogP contribution in [0.2, 0.25) is 5.02 Å². The number of halogens is 1. The van der Waals surface area contributed by atoms with E-state index in [4.69, 9.17) is 11.6 Å². The van der Waals surface area contributed by atoms with E-state index in [1.807, 2.05) is 35.9 Å². The minimum atomic E-state index is -0.392. The molecule has 0 saturated heterocycles. The molecule has 4 nitrogen and oxygen atoms in total. The van der Waals surface area contributed by atoms with Gasteiger partial charge in [0.2, 0.25) is 0 Å². The fourth-order valence-electron chi connectivity index (χ4n) is 2.48. The minimum Gasteiger partial charge on any atom is -0.343 e. The van der Waals surface area contributed by atoms with Crippen LogP contribution in [0, 0.1) is 17.0 Å². The van der Waals surface area contributed by atoms with Crippen molar-refractivity contribution in [3.8, 4) is 0 Å². The molecule has 0 N–H and O–H groups in total. The second-order valence-corrected chi connectivity index (χ2v) is 5.47. The number of hydrogen-bond acceptors (Lipinski definition) is 2. The molecule has 0 aliphatic heterocycles. The second kappa shape index (κ2) is 5.22. The molecule has 21 heavy (non-hydrogen) atoms. The van der Waals surface area contributed by atoms with Crippen molar-refractivity contribution < 1.29 is 4.92 Å². The van der Waals surface area contributed by atoms with Gasteiger partial charge in [-0.15, -0.1) is 0 Å². The SMILES string of the molecule is Cc1ccc2c(ccn2Cc2ccc(Cl)cc2[N+](=O)[O-])c1. The molecule has 3 aromatic rings. The molecule has 0 bridgehead atoms. The number of aromatic nitrogens is 1. The summed E-state index contributed by atoms with van der Waals surface area (Å²) in [5.74, 6) is 0. The lowest BCUT2D eigenvalue weighted by Crippen LogP contribution is -2.02. The number of rotatable bonds is 3. The molecule has 2 aromatic carbocycles. The second-order valence-electron chi connectivity index (χ2n) is 5.04. The Balaban J connectivity index is 2.05. The van der Waals surface area contributed by atoms with Gasteiger partial charge < -0.3 is 4.57 Å². The molecule has 1 heterocycles. The Labute approximate surface area is 126 Å². The monoisotopic (exact) mass is 300 g/mol. The van der Waals surface area contributed by atoms with Crippen molar-refractivity contribution in [2.24, 2.45) is 0 Å². The average Bonchev–Trinajstić information content (AvgIpc) is 2.82. The van der Waals surface area contributed by atoms with E-state index < -0.39 is 4.92 Å². The van der Waals surface area contributed by atoms with Gasteiger partial charge in [0.15, 0.2) is 0 Å². The smallest absolute Gasteiger partial charge is 0.275 e. The third-order valence-electron chi connectivity index (χ3n) is 3.51. The summed E-state index contributed by atoms with van der Waals surface area (Å²) < 4.78 is 2.00. The van der Waals surface area contributed by atoms with Gasteiger partial charge in [0, 0.05) is 28.4 Å². The van der Waals surface area contributed by atoms with Crippen LogP contribution in [0.4, 0.5) is 5.69 Å². The van der Waals surface area contributed by atoms with E-state index in [2.05, 4.69) is 6.07 Å². The molecule has 0 unspecified atom stereocenters. The molecule has 0 radical (unpaired) electrons. The third kappa shape index (κ3) is 2.62. The predicted molar refractivity (Wildman–Crippen MR) is 83.9 cm³/mol. The van der Waals surface area contributed by atoms with E-state index in [9.17, 15) is 10.1 Å². The normalized spacial score (nSPS) is 11.0. The number of nitro groups is 1. The molecule has 3 rings (SSSR count). The van der Waals surface area contributed by atoms with E-state index in [1.165, 1.54) is 11.6 Å². The maximum absolute atomic E-state index is 11.1. The topological polar surface area (TPSA) is 48.1 Å². The maximum atomic E-state index is 11.1. The highest BCUT2D eigenvalue weighted by atomic mass is 35.5. The Bertz CT molecular complexity index is 839. The summed E-state index contributed by atoms with van der Waals surface area (Å²) in [4.78, 5) is 10.8. The number of nitrogens with zero attached hydrogens (tertiary/aromatic N) is 2. The molecule has 0 amide bonds. The summed E-state index contributed by atoms with van der Waals surface area (Å²) in [5, 5.41) is 12.7. The van der Waals surface area contributed by atoms with Crippen molar-refractivity contribution in [1.82, 2.24) is 4.57 Å². The number of aryl methyl sites for hydroxylation is 1. The van der Waals surface area contributed by atoms with Gasteiger partial charge in [0.1, 0.15) is 0 Å². The molecule has 5 heteroatoms. The number of fused-ring (bicyclic) bond motifs is 1. The Morgan fingerprint density at radius 1 is 1.19 bits per heavy atom.